The predicted molar refractivity (Wildman–Crippen MR) is 44.2 cm³/mol. The van der Waals surface area contributed by atoms with Crippen molar-refractivity contribution in [3.05, 3.63) is 0 Å². The number of rotatable bonds is 2. The summed E-state index contributed by atoms with van der Waals surface area (Å²) < 4.78 is 36.1. The first-order valence-electron chi connectivity index (χ1n) is 4.19. The minimum absolute atomic E-state index is 0. The number of likely N-dealkylation sites (tertiary alicyclic amines) is 1. The molecule has 0 radical (unpaired) electrons. The summed E-state index contributed by atoms with van der Waals surface area (Å²) in [6, 6.07) is 0. The van der Waals surface area contributed by atoms with Crippen molar-refractivity contribution >= 4 is 18.8 Å². The van der Waals surface area contributed by atoms with E-state index in [1.54, 1.807) is 0 Å². The molecule has 0 aromatic rings. The monoisotopic (exact) mass is 247 g/mol. The number of halogens is 3. The molecule has 0 saturated carbocycles. The molecule has 1 aliphatic heterocycles. The molecule has 1 fully saturated rings. The summed E-state index contributed by atoms with van der Waals surface area (Å²) in [5, 5.41) is 0. The normalized spacial score (nSPS) is 20.5. The Morgan fingerprint density at radius 3 is 2.07 bits per heavy atom. The smallest absolute Gasteiger partial charge is 0.448 e. The van der Waals surface area contributed by atoms with Gasteiger partial charge >= 0.3 is 58.4 Å². The maximum absolute atomic E-state index is 12.0. The van der Waals surface area contributed by atoms with Crippen LogP contribution in [0.3, 0.4) is 0 Å². The molecule has 1 rings (SSSR count). The topological polar surface area (TPSA) is 37.4 Å². The number of hydrogen-bond donors (Lipinski definition) is 0. The zero-order valence-corrected chi connectivity index (χ0v) is 12.0. The Bertz CT molecular complexity index is 292. The fourth-order valence-corrected chi connectivity index (χ4v) is 1.42. The third kappa shape index (κ3) is 3.85. The number of imide groups is 1. The van der Waals surface area contributed by atoms with Crippen LogP contribution in [-0.2, 0) is 9.59 Å². The van der Waals surface area contributed by atoms with Crippen molar-refractivity contribution in [2.75, 3.05) is 6.44 Å². The molecule has 2 amide bonds. The molecule has 3 nitrogen and oxygen atoms in total. The van der Waals surface area contributed by atoms with Gasteiger partial charge in [0.2, 0.25) is 11.8 Å². The van der Waals surface area contributed by atoms with Gasteiger partial charge in [-0.1, -0.05) is 13.8 Å². The first kappa shape index (κ1) is 15.6. The molecule has 1 heterocycles. The van der Waals surface area contributed by atoms with Crippen LogP contribution in [0.2, 0.25) is 0 Å². The van der Waals surface area contributed by atoms with Gasteiger partial charge in [0.15, 0.2) is 0 Å². The van der Waals surface area contributed by atoms with E-state index in [4.69, 9.17) is 0 Å². The molecule has 0 N–H and O–H groups in total. The average Bonchev–Trinajstić information content (AvgIpc) is 2.10. The molecule has 0 unspecified atom stereocenters. The van der Waals surface area contributed by atoms with Gasteiger partial charge in [-0.2, -0.15) is 0 Å². The maximum Gasteiger partial charge on any atom is 1.00 e. The molecule has 1 aliphatic rings. The van der Waals surface area contributed by atoms with Crippen molar-refractivity contribution in [3.63, 3.8) is 0 Å². The van der Waals surface area contributed by atoms with Gasteiger partial charge in [0, 0.05) is 6.42 Å². The predicted octanol–water partition coefficient (Wildman–Crippen LogP) is -1.84. The first-order chi connectivity index (χ1) is 6.13. The second-order valence-electron chi connectivity index (χ2n) is 4.08. The van der Waals surface area contributed by atoms with E-state index in [-0.39, 0.29) is 57.8 Å². The summed E-state index contributed by atoms with van der Waals surface area (Å²) in [6.45, 7) is -2.20. The van der Waals surface area contributed by atoms with Crippen molar-refractivity contribution in [2.45, 2.75) is 20.3 Å². The summed E-state index contributed by atoms with van der Waals surface area (Å²) >= 11 is 0. The Morgan fingerprint density at radius 1 is 1.33 bits per heavy atom. The summed E-state index contributed by atoms with van der Waals surface area (Å²) in [4.78, 5) is 22.7. The van der Waals surface area contributed by atoms with Crippen LogP contribution in [0.1, 0.15) is 20.3 Å². The Morgan fingerprint density at radius 2 is 1.80 bits per heavy atom. The van der Waals surface area contributed by atoms with E-state index in [9.17, 15) is 22.5 Å². The van der Waals surface area contributed by atoms with Crippen molar-refractivity contribution in [1.82, 2.24) is 4.90 Å². The van der Waals surface area contributed by atoms with Crippen LogP contribution in [0.4, 0.5) is 12.9 Å². The van der Waals surface area contributed by atoms with Gasteiger partial charge in [0.25, 0.3) is 0 Å². The van der Waals surface area contributed by atoms with E-state index in [2.05, 4.69) is 0 Å². The molecule has 1 saturated heterocycles. The summed E-state index contributed by atoms with van der Waals surface area (Å²) in [5.41, 5.74) is -0.988. The van der Waals surface area contributed by atoms with E-state index in [0.29, 0.717) is 4.90 Å². The van der Waals surface area contributed by atoms with E-state index in [1.807, 2.05) is 0 Å². The molecular formula is C7H10BF3KNO2. The molecule has 15 heavy (non-hydrogen) atoms. The summed E-state index contributed by atoms with van der Waals surface area (Å²) in [5.74, 6) is -1.47. The zero-order valence-electron chi connectivity index (χ0n) is 8.89. The largest absolute Gasteiger partial charge is 1.00 e. The molecular weight excluding hydrogens is 237 g/mol. The standard InChI is InChI=1S/C7H10BF3NO2.K/c1-7(2)3-5(13)12(6(7)14)4-8(9,10)11;/h3-4H2,1-2H3;/q-1;+1. The molecule has 0 bridgehead atoms. The molecule has 0 aliphatic carbocycles. The third-order valence-corrected chi connectivity index (χ3v) is 2.11. The quantitative estimate of drug-likeness (QED) is 0.425. The van der Waals surface area contributed by atoms with Crippen LogP contribution in [0.15, 0.2) is 0 Å². The summed E-state index contributed by atoms with van der Waals surface area (Å²) in [7, 11) is 0. The van der Waals surface area contributed by atoms with Crippen LogP contribution < -0.4 is 51.4 Å². The SMILES string of the molecule is CC1(C)CC(=O)N(C[B-](F)(F)F)C1=O.[K+]. The third-order valence-electron chi connectivity index (χ3n) is 2.11. The fourth-order valence-electron chi connectivity index (χ4n) is 1.42. The van der Waals surface area contributed by atoms with Crippen molar-refractivity contribution in [3.8, 4) is 0 Å². The number of carbonyl (C=O) groups is 2. The van der Waals surface area contributed by atoms with Crippen LogP contribution in [0.25, 0.3) is 0 Å². The Labute approximate surface area is 128 Å². The van der Waals surface area contributed by atoms with Crippen LogP contribution >= 0.6 is 0 Å². The van der Waals surface area contributed by atoms with E-state index < -0.39 is 30.7 Å². The molecule has 0 spiro atoms. The molecule has 80 valence electrons. The minimum Gasteiger partial charge on any atom is -0.448 e. The van der Waals surface area contributed by atoms with Gasteiger partial charge in [-0.15, -0.1) is 0 Å². The molecule has 0 aromatic heterocycles. The molecule has 0 aromatic carbocycles. The van der Waals surface area contributed by atoms with E-state index in [0.717, 1.165) is 0 Å². The summed E-state index contributed by atoms with van der Waals surface area (Å²) in [6.07, 6.45) is -1.56. The second kappa shape index (κ2) is 4.87. The Hall–Kier alpha value is 0.631. The minimum atomic E-state index is -5.14. The average molecular weight is 247 g/mol. The van der Waals surface area contributed by atoms with Crippen LogP contribution in [0.5, 0.6) is 0 Å². The van der Waals surface area contributed by atoms with E-state index in [1.165, 1.54) is 13.8 Å². The van der Waals surface area contributed by atoms with Crippen molar-refractivity contribution < 1.29 is 73.9 Å². The van der Waals surface area contributed by atoms with Gasteiger partial charge in [-0.25, -0.2) is 0 Å². The van der Waals surface area contributed by atoms with Gasteiger partial charge in [-0.3, -0.25) is 9.59 Å². The van der Waals surface area contributed by atoms with Crippen molar-refractivity contribution in [2.24, 2.45) is 5.41 Å². The first-order valence-corrected chi connectivity index (χ1v) is 4.19. The van der Waals surface area contributed by atoms with Gasteiger partial charge in [0.05, 0.1) is 5.41 Å². The van der Waals surface area contributed by atoms with E-state index >= 15 is 0 Å². The maximum atomic E-state index is 12.0. The van der Waals surface area contributed by atoms with Crippen LogP contribution in [-0.4, -0.2) is 30.1 Å². The molecule has 8 heteroatoms. The molecule has 0 atom stereocenters. The number of amides is 2. The number of nitrogens with zero attached hydrogens (tertiary/aromatic N) is 1. The Balaban J connectivity index is 0.00000196. The number of hydrogen-bond acceptors (Lipinski definition) is 2. The van der Waals surface area contributed by atoms with Crippen LogP contribution in [0, 0.1) is 5.41 Å². The van der Waals surface area contributed by atoms with Crippen molar-refractivity contribution in [1.29, 1.82) is 0 Å². The van der Waals surface area contributed by atoms with Gasteiger partial charge in [0.1, 0.15) is 0 Å². The zero-order chi connectivity index (χ0) is 11.1. The van der Waals surface area contributed by atoms with Gasteiger partial charge < -0.3 is 17.8 Å². The Kier molecular flexibility index (Phi) is 5.07. The fraction of sp³-hybridized carbons (Fsp3) is 0.714. The number of carbonyl (C=O) groups excluding carboxylic acids is 2. The van der Waals surface area contributed by atoms with Gasteiger partial charge in [-0.05, 0) is 6.44 Å². The second-order valence-corrected chi connectivity index (χ2v) is 4.08.